The first-order valence-corrected chi connectivity index (χ1v) is 12.7. The van der Waals surface area contributed by atoms with Gasteiger partial charge in [0.25, 0.3) is 0 Å². The molecule has 10 heteroatoms. The molecule has 2 N–H and O–H groups in total. The molecule has 1 aromatic heterocycles. The van der Waals surface area contributed by atoms with E-state index in [-0.39, 0.29) is 32.0 Å². The van der Waals surface area contributed by atoms with Gasteiger partial charge in [-0.3, -0.25) is 4.98 Å². The van der Waals surface area contributed by atoms with Crippen molar-refractivity contribution in [2.75, 3.05) is 5.32 Å². The highest BCUT2D eigenvalue weighted by molar-refractivity contribution is 7.89. The van der Waals surface area contributed by atoms with Gasteiger partial charge in [-0.25, -0.2) is 13.1 Å². The van der Waals surface area contributed by atoms with Gasteiger partial charge >= 0.3 is 0 Å². The van der Waals surface area contributed by atoms with E-state index in [1.54, 1.807) is 6.20 Å². The Morgan fingerprint density at radius 3 is 2.26 bits per heavy atom. The predicted octanol–water partition coefficient (Wildman–Crippen LogP) is 6.55. The van der Waals surface area contributed by atoms with Gasteiger partial charge < -0.3 is 5.32 Å². The second-order valence-corrected chi connectivity index (χ2v) is 10.9. The lowest BCUT2D eigenvalue weighted by Gasteiger charge is -2.30. The van der Waals surface area contributed by atoms with E-state index in [0.717, 1.165) is 29.4 Å². The molecule has 3 aromatic rings. The molecule has 0 aliphatic heterocycles. The third kappa shape index (κ3) is 5.21. The highest BCUT2D eigenvalue weighted by atomic mass is 35.5. The zero-order valence-corrected chi connectivity index (χ0v) is 20.0. The van der Waals surface area contributed by atoms with E-state index in [9.17, 15) is 8.42 Å². The summed E-state index contributed by atoms with van der Waals surface area (Å²) in [6.45, 7) is 0. The average Bonchev–Trinajstić information content (AvgIpc) is 2.72. The minimum absolute atomic E-state index is 0.0434. The number of rotatable bonds is 5. The number of nitrogens with one attached hydrogen (secondary N) is 2. The van der Waals surface area contributed by atoms with Crippen LogP contribution in [0.15, 0.2) is 47.5 Å². The van der Waals surface area contributed by atoms with Crippen molar-refractivity contribution in [3.8, 4) is 0 Å². The van der Waals surface area contributed by atoms with E-state index < -0.39 is 10.0 Å². The molecular weight excluding hydrogens is 500 g/mol. The smallest absolute Gasteiger partial charge is 0.242 e. The van der Waals surface area contributed by atoms with E-state index in [0.29, 0.717) is 17.9 Å². The number of anilines is 1. The molecule has 0 saturated heterocycles. The third-order valence-corrected chi connectivity index (χ3v) is 8.32. The molecule has 0 unspecified atom stereocenters. The van der Waals surface area contributed by atoms with Gasteiger partial charge in [-0.1, -0.05) is 46.4 Å². The summed E-state index contributed by atoms with van der Waals surface area (Å²) < 4.78 is 28.4. The molecule has 1 aliphatic rings. The van der Waals surface area contributed by atoms with Gasteiger partial charge in [0.2, 0.25) is 10.0 Å². The van der Waals surface area contributed by atoms with Crippen molar-refractivity contribution in [1.29, 1.82) is 0 Å². The normalized spacial score (nSPS) is 19.5. The highest BCUT2D eigenvalue weighted by Gasteiger charge is 2.27. The van der Waals surface area contributed by atoms with Gasteiger partial charge in [0, 0.05) is 34.4 Å². The Morgan fingerprint density at radius 1 is 0.839 bits per heavy atom. The van der Waals surface area contributed by atoms with Crippen LogP contribution in [0, 0.1) is 0 Å². The molecule has 0 atom stereocenters. The third-order valence-electron chi connectivity index (χ3n) is 5.38. The first-order valence-electron chi connectivity index (χ1n) is 9.70. The molecule has 4 rings (SSSR count). The van der Waals surface area contributed by atoms with Crippen LogP contribution in [0.1, 0.15) is 25.7 Å². The molecule has 1 fully saturated rings. The molecule has 5 nitrogen and oxygen atoms in total. The fraction of sp³-hybridized carbons (Fsp3) is 0.286. The lowest BCUT2D eigenvalue weighted by Crippen LogP contribution is -2.40. The van der Waals surface area contributed by atoms with E-state index in [1.165, 1.54) is 12.1 Å². The quantitative estimate of drug-likeness (QED) is 0.375. The molecule has 0 bridgehead atoms. The Morgan fingerprint density at radius 2 is 1.52 bits per heavy atom. The maximum absolute atomic E-state index is 12.8. The topological polar surface area (TPSA) is 71.1 Å². The van der Waals surface area contributed by atoms with Crippen molar-refractivity contribution < 1.29 is 8.42 Å². The number of fused-ring (bicyclic) bond motifs is 1. The van der Waals surface area contributed by atoms with Crippen LogP contribution in [0.5, 0.6) is 0 Å². The Bertz CT molecular complexity index is 1230. The van der Waals surface area contributed by atoms with Crippen LogP contribution in [-0.4, -0.2) is 25.5 Å². The number of sulfonamides is 1. The standard InChI is InChI=1S/C21H19Cl4N3O2S/c22-12-1-6-15-19(7-8-26-20(15)9-12)27-13-2-4-14(5-3-13)28-31(29,30)21-11-17(24)16(23)10-18(21)25/h1,6-11,13-14,28H,2-5H2,(H,26,27). The fourth-order valence-corrected chi connectivity index (χ4v) is 6.29. The van der Waals surface area contributed by atoms with Crippen LogP contribution in [0.25, 0.3) is 10.9 Å². The summed E-state index contributed by atoms with van der Waals surface area (Å²) in [7, 11) is -3.81. The summed E-state index contributed by atoms with van der Waals surface area (Å²) in [6, 6.07) is 10.2. The summed E-state index contributed by atoms with van der Waals surface area (Å²) in [5.41, 5.74) is 1.82. The Hall–Kier alpha value is -1.28. The van der Waals surface area contributed by atoms with E-state index in [1.807, 2.05) is 24.3 Å². The second-order valence-electron chi connectivity index (χ2n) is 7.53. The fourth-order valence-electron chi connectivity index (χ4n) is 3.82. The van der Waals surface area contributed by atoms with E-state index in [4.69, 9.17) is 46.4 Å². The summed E-state index contributed by atoms with van der Waals surface area (Å²) >= 11 is 24.0. The van der Waals surface area contributed by atoms with Crippen molar-refractivity contribution in [3.63, 3.8) is 0 Å². The van der Waals surface area contributed by atoms with Crippen molar-refractivity contribution in [2.45, 2.75) is 42.7 Å². The lowest BCUT2D eigenvalue weighted by molar-refractivity contribution is 0.387. The van der Waals surface area contributed by atoms with Crippen molar-refractivity contribution in [3.05, 3.63) is 62.7 Å². The highest BCUT2D eigenvalue weighted by Crippen LogP contribution is 2.33. The van der Waals surface area contributed by atoms with Crippen LogP contribution in [0.2, 0.25) is 20.1 Å². The Labute approximate surface area is 201 Å². The number of benzene rings is 2. The monoisotopic (exact) mass is 517 g/mol. The number of pyridine rings is 1. The van der Waals surface area contributed by atoms with Crippen molar-refractivity contribution in [1.82, 2.24) is 9.71 Å². The minimum Gasteiger partial charge on any atom is -0.382 e. The van der Waals surface area contributed by atoms with Gasteiger partial charge in [0.1, 0.15) is 4.90 Å². The molecule has 0 radical (unpaired) electrons. The number of hydrogen-bond acceptors (Lipinski definition) is 4. The summed E-state index contributed by atoms with van der Waals surface area (Å²) in [4.78, 5) is 4.30. The predicted molar refractivity (Wildman–Crippen MR) is 128 cm³/mol. The van der Waals surface area contributed by atoms with Gasteiger partial charge in [-0.05, 0) is 62.1 Å². The first kappa shape index (κ1) is 22.9. The largest absolute Gasteiger partial charge is 0.382 e. The molecule has 164 valence electrons. The molecule has 1 saturated carbocycles. The van der Waals surface area contributed by atoms with Gasteiger partial charge in [-0.15, -0.1) is 0 Å². The molecule has 0 spiro atoms. The zero-order chi connectivity index (χ0) is 22.2. The minimum atomic E-state index is -3.81. The van der Waals surface area contributed by atoms with Gasteiger partial charge in [-0.2, -0.15) is 0 Å². The molecule has 31 heavy (non-hydrogen) atoms. The number of aromatic nitrogens is 1. The number of halogens is 4. The van der Waals surface area contributed by atoms with Crippen LogP contribution in [-0.2, 0) is 10.0 Å². The van der Waals surface area contributed by atoms with Crippen molar-refractivity contribution in [2.24, 2.45) is 0 Å². The summed E-state index contributed by atoms with van der Waals surface area (Å²) in [6.07, 6.45) is 4.79. The average molecular weight is 519 g/mol. The Balaban J connectivity index is 1.41. The van der Waals surface area contributed by atoms with Gasteiger partial charge in [0.05, 0.1) is 20.6 Å². The Kier molecular flexibility index (Phi) is 6.87. The molecule has 1 heterocycles. The molecule has 0 amide bonds. The molecule has 2 aromatic carbocycles. The molecular formula is C21H19Cl4N3O2S. The zero-order valence-electron chi connectivity index (χ0n) is 16.2. The van der Waals surface area contributed by atoms with Crippen LogP contribution >= 0.6 is 46.4 Å². The second kappa shape index (κ2) is 9.30. The van der Waals surface area contributed by atoms with Crippen LogP contribution < -0.4 is 10.0 Å². The summed E-state index contributed by atoms with van der Waals surface area (Å²) in [5.74, 6) is 0. The van der Waals surface area contributed by atoms with Crippen LogP contribution in [0.3, 0.4) is 0 Å². The van der Waals surface area contributed by atoms with Gasteiger partial charge in [0.15, 0.2) is 0 Å². The number of nitrogens with zero attached hydrogens (tertiary/aromatic N) is 1. The lowest BCUT2D eigenvalue weighted by atomic mass is 9.91. The maximum atomic E-state index is 12.8. The van der Waals surface area contributed by atoms with Crippen LogP contribution in [0.4, 0.5) is 5.69 Å². The first-order chi connectivity index (χ1) is 14.7. The molecule has 1 aliphatic carbocycles. The maximum Gasteiger partial charge on any atom is 0.242 e. The number of hydrogen-bond donors (Lipinski definition) is 2. The SMILES string of the molecule is O=S(=O)(NC1CCC(Nc2ccnc3cc(Cl)ccc23)CC1)c1cc(Cl)c(Cl)cc1Cl. The van der Waals surface area contributed by atoms with E-state index >= 15 is 0 Å². The van der Waals surface area contributed by atoms with E-state index in [2.05, 4.69) is 15.0 Å². The van der Waals surface area contributed by atoms with Crippen molar-refractivity contribution >= 4 is 73.0 Å². The summed E-state index contributed by atoms with van der Waals surface area (Å²) in [5, 5.41) is 5.62.